The number of aryl methyl sites for hydroxylation is 2. The summed E-state index contributed by atoms with van der Waals surface area (Å²) in [5.41, 5.74) is 9.49. The molecule has 0 saturated heterocycles. The lowest BCUT2D eigenvalue weighted by molar-refractivity contribution is -0.643. The highest BCUT2D eigenvalue weighted by Gasteiger charge is 2.28. The standard InChI is InChI=1S/C30H26N3/c1-17-18(2)26-29-27-20(12-13-32(29)3)14-21(19-8-4-5-9-19)15-25(27)33-24-11-7-6-10-22(24)28(30(26)33)23(17)16-31/h6-7,10-15,19H,4-5,8-9H2,1-3H3/q+1. The van der Waals surface area contributed by atoms with Crippen LogP contribution in [-0.4, -0.2) is 4.40 Å². The van der Waals surface area contributed by atoms with Gasteiger partial charge in [-0.25, -0.2) is 4.57 Å². The number of pyridine rings is 2. The van der Waals surface area contributed by atoms with E-state index in [1.807, 2.05) is 0 Å². The highest BCUT2D eigenvalue weighted by atomic mass is 15.0. The Morgan fingerprint density at radius 2 is 1.73 bits per heavy atom. The SMILES string of the molecule is Cc1c(C#N)c2c3ccccc3n3c4cc(C5CCCC5)cc5cc[n+](C)c(c(c1C)c23)c54. The maximum absolute atomic E-state index is 10.2. The molecule has 33 heavy (non-hydrogen) atoms. The van der Waals surface area contributed by atoms with E-state index in [0.717, 1.165) is 16.5 Å². The van der Waals surface area contributed by atoms with Gasteiger partial charge in [0.15, 0.2) is 6.20 Å². The molecule has 7 rings (SSSR count). The van der Waals surface area contributed by atoms with Gasteiger partial charge in [0.1, 0.15) is 13.1 Å². The van der Waals surface area contributed by atoms with Crippen LogP contribution >= 0.6 is 0 Å². The number of hydrogen-bond donors (Lipinski definition) is 0. The third-order valence-electron chi connectivity index (χ3n) is 8.33. The van der Waals surface area contributed by atoms with Crippen LogP contribution < -0.4 is 4.57 Å². The normalized spacial score (nSPS) is 15.1. The van der Waals surface area contributed by atoms with Gasteiger partial charge in [0.05, 0.1) is 32.9 Å². The monoisotopic (exact) mass is 428 g/mol. The molecule has 1 aliphatic carbocycles. The zero-order valence-electron chi connectivity index (χ0n) is 19.4. The Morgan fingerprint density at radius 1 is 0.939 bits per heavy atom. The lowest BCUT2D eigenvalue weighted by Crippen LogP contribution is -2.29. The molecule has 0 bridgehead atoms. The van der Waals surface area contributed by atoms with E-state index in [1.54, 1.807) is 0 Å². The van der Waals surface area contributed by atoms with Crippen molar-refractivity contribution in [3.63, 3.8) is 0 Å². The van der Waals surface area contributed by atoms with Crippen LogP contribution in [-0.2, 0) is 7.05 Å². The molecule has 0 amide bonds. The Kier molecular flexibility index (Phi) is 3.69. The fraction of sp³-hybridized carbons (Fsp3) is 0.267. The second-order valence-corrected chi connectivity index (χ2v) is 9.95. The predicted octanol–water partition coefficient (Wildman–Crippen LogP) is 6.96. The zero-order valence-corrected chi connectivity index (χ0v) is 19.4. The molecule has 0 atom stereocenters. The van der Waals surface area contributed by atoms with Gasteiger partial charge in [-0.2, -0.15) is 5.26 Å². The molecule has 6 aromatic rings. The second kappa shape index (κ2) is 6.45. The van der Waals surface area contributed by atoms with Crippen LogP contribution in [0, 0.1) is 25.2 Å². The summed E-state index contributed by atoms with van der Waals surface area (Å²) >= 11 is 0. The van der Waals surface area contributed by atoms with Crippen molar-refractivity contribution < 1.29 is 4.57 Å². The maximum Gasteiger partial charge on any atom is 0.224 e. The average Bonchev–Trinajstić information content (AvgIpc) is 3.48. The molecule has 0 unspecified atom stereocenters. The van der Waals surface area contributed by atoms with Crippen LogP contribution in [0.4, 0.5) is 0 Å². The minimum atomic E-state index is 0.649. The van der Waals surface area contributed by atoms with E-state index < -0.39 is 0 Å². The third-order valence-corrected chi connectivity index (χ3v) is 8.33. The molecule has 3 nitrogen and oxygen atoms in total. The molecule has 3 heteroatoms. The Balaban J connectivity index is 1.87. The average molecular weight is 429 g/mol. The molecule has 0 radical (unpaired) electrons. The molecule has 1 saturated carbocycles. The van der Waals surface area contributed by atoms with Crippen molar-refractivity contribution in [2.24, 2.45) is 7.05 Å². The smallest absolute Gasteiger partial charge is 0.224 e. The quantitative estimate of drug-likeness (QED) is 0.158. The molecule has 0 spiro atoms. The summed E-state index contributed by atoms with van der Waals surface area (Å²) in [4.78, 5) is 0. The lowest BCUT2D eigenvalue weighted by atomic mass is 9.90. The molecule has 3 aromatic carbocycles. The largest absolute Gasteiger partial charge is 0.307 e. The van der Waals surface area contributed by atoms with Crippen LogP contribution in [0.25, 0.3) is 49.0 Å². The zero-order chi connectivity index (χ0) is 22.4. The number of aromatic nitrogens is 2. The molecule has 1 fully saturated rings. The minimum absolute atomic E-state index is 0.649. The first-order valence-corrected chi connectivity index (χ1v) is 12.0. The van der Waals surface area contributed by atoms with E-state index in [2.05, 4.69) is 84.6 Å². The summed E-state index contributed by atoms with van der Waals surface area (Å²) in [7, 11) is 2.15. The fourth-order valence-corrected chi connectivity index (χ4v) is 6.63. The Bertz CT molecular complexity index is 1810. The van der Waals surface area contributed by atoms with Crippen LogP contribution in [0.1, 0.15) is 53.9 Å². The van der Waals surface area contributed by atoms with Crippen LogP contribution in [0.2, 0.25) is 0 Å². The third kappa shape index (κ3) is 2.26. The summed E-state index contributed by atoms with van der Waals surface area (Å²) in [6.45, 7) is 4.29. The van der Waals surface area contributed by atoms with Gasteiger partial charge in [0.2, 0.25) is 5.52 Å². The second-order valence-electron chi connectivity index (χ2n) is 9.95. The summed E-state index contributed by atoms with van der Waals surface area (Å²) in [5.74, 6) is 0.649. The number of fused-ring (bicyclic) bond motifs is 5. The summed E-state index contributed by atoms with van der Waals surface area (Å²) in [6.07, 6.45) is 7.44. The highest BCUT2D eigenvalue weighted by molar-refractivity contribution is 6.27. The molecular formula is C30H26N3+. The topological polar surface area (TPSA) is 32.1 Å². The van der Waals surface area contributed by atoms with E-state index in [-0.39, 0.29) is 0 Å². The first kappa shape index (κ1) is 18.9. The summed E-state index contributed by atoms with van der Waals surface area (Å²) < 4.78 is 4.73. The van der Waals surface area contributed by atoms with Crippen molar-refractivity contribution in [2.75, 3.05) is 0 Å². The molecule has 3 aromatic heterocycles. The number of nitrogens with zero attached hydrogens (tertiary/aromatic N) is 3. The van der Waals surface area contributed by atoms with Gasteiger partial charge in [-0.3, -0.25) is 0 Å². The van der Waals surface area contributed by atoms with E-state index in [1.165, 1.54) is 80.4 Å². The Labute approximate surface area is 192 Å². The van der Waals surface area contributed by atoms with Gasteiger partial charge >= 0.3 is 0 Å². The van der Waals surface area contributed by atoms with Gasteiger partial charge in [-0.05, 0) is 66.8 Å². The first-order valence-electron chi connectivity index (χ1n) is 12.0. The molecule has 0 N–H and O–H groups in total. The molecule has 3 heterocycles. The lowest BCUT2D eigenvalue weighted by Gasteiger charge is -2.17. The Morgan fingerprint density at radius 3 is 2.52 bits per heavy atom. The number of benzene rings is 3. The molecule has 1 aliphatic rings. The minimum Gasteiger partial charge on any atom is -0.307 e. The van der Waals surface area contributed by atoms with Crippen LogP contribution in [0.3, 0.4) is 0 Å². The fourth-order valence-electron chi connectivity index (χ4n) is 6.63. The van der Waals surface area contributed by atoms with E-state index in [4.69, 9.17) is 0 Å². The number of nitriles is 1. The van der Waals surface area contributed by atoms with E-state index in [9.17, 15) is 5.26 Å². The van der Waals surface area contributed by atoms with Crippen molar-refractivity contribution in [3.05, 3.63) is 70.9 Å². The van der Waals surface area contributed by atoms with Crippen molar-refractivity contribution in [3.8, 4) is 6.07 Å². The molecule has 0 aliphatic heterocycles. The first-order chi connectivity index (χ1) is 16.1. The predicted molar refractivity (Wildman–Crippen MR) is 135 cm³/mol. The number of para-hydroxylation sites is 1. The molecule has 160 valence electrons. The maximum atomic E-state index is 10.2. The molecular weight excluding hydrogens is 402 g/mol. The highest BCUT2D eigenvalue weighted by Crippen LogP contribution is 2.45. The summed E-state index contributed by atoms with van der Waals surface area (Å²) in [5, 5.41) is 16.4. The van der Waals surface area contributed by atoms with Crippen LogP contribution in [0.15, 0.2) is 48.7 Å². The van der Waals surface area contributed by atoms with E-state index in [0.29, 0.717) is 5.92 Å². The van der Waals surface area contributed by atoms with Crippen molar-refractivity contribution >= 4 is 49.0 Å². The summed E-state index contributed by atoms with van der Waals surface area (Å²) in [6, 6.07) is 18.3. The van der Waals surface area contributed by atoms with Gasteiger partial charge in [0.25, 0.3) is 0 Å². The van der Waals surface area contributed by atoms with Crippen molar-refractivity contribution in [1.82, 2.24) is 4.40 Å². The Hall–Kier alpha value is -3.64. The van der Waals surface area contributed by atoms with Crippen molar-refractivity contribution in [1.29, 1.82) is 5.26 Å². The van der Waals surface area contributed by atoms with Crippen molar-refractivity contribution in [2.45, 2.75) is 45.4 Å². The van der Waals surface area contributed by atoms with Crippen LogP contribution in [0.5, 0.6) is 0 Å². The number of rotatable bonds is 1. The van der Waals surface area contributed by atoms with Gasteiger partial charge < -0.3 is 4.40 Å². The van der Waals surface area contributed by atoms with Gasteiger partial charge in [0, 0.05) is 16.8 Å². The van der Waals surface area contributed by atoms with Gasteiger partial charge in [-0.1, -0.05) is 37.1 Å². The van der Waals surface area contributed by atoms with E-state index >= 15 is 0 Å². The van der Waals surface area contributed by atoms with Gasteiger partial charge in [-0.15, -0.1) is 0 Å². The number of hydrogen-bond acceptors (Lipinski definition) is 1.